The van der Waals surface area contributed by atoms with Crippen molar-refractivity contribution in [2.75, 3.05) is 31.3 Å². The Labute approximate surface area is 162 Å². The second-order valence-corrected chi connectivity index (χ2v) is 6.71. The summed E-state index contributed by atoms with van der Waals surface area (Å²) in [4.78, 5) is 0. The van der Waals surface area contributed by atoms with Crippen LogP contribution in [0.2, 0.25) is 0 Å². The summed E-state index contributed by atoms with van der Waals surface area (Å²) in [6.45, 7) is -0.972. The van der Waals surface area contributed by atoms with Crippen LogP contribution in [0, 0.1) is 0 Å². The van der Waals surface area contributed by atoms with E-state index in [1.165, 1.54) is 0 Å². The van der Waals surface area contributed by atoms with Gasteiger partial charge in [-0.3, -0.25) is 0 Å². The predicted molar refractivity (Wildman–Crippen MR) is 95.2 cm³/mol. The van der Waals surface area contributed by atoms with Gasteiger partial charge in [0, 0.05) is 11.5 Å². The molecule has 0 spiro atoms. The Balaban J connectivity index is 2.64. The Morgan fingerprint density at radius 1 is 0.923 bits per heavy atom. The maximum absolute atomic E-state index is 10.2. The van der Waals surface area contributed by atoms with Crippen LogP contribution >= 0.6 is 25.3 Å². The van der Waals surface area contributed by atoms with Crippen LogP contribution in [0.5, 0.6) is 0 Å². The summed E-state index contributed by atoms with van der Waals surface area (Å²) in [6, 6.07) is 0. The van der Waals surface area contributed by atoms with Crippen LogP contribution in [-0.2, 0) is 14.2 Å². The van der Waals surface area contributed by atoms with E-state index < -0.39 is 68.3 Å². The minimum atomic E-state index is -1.73. The lowest BCUT2D eigenvalue weighted by molar-refractivity contribution is -0.309. The van der Waals surface area contributed by atoms with E-state index in [1.807, 2.05) is 0 Å². The van der Waals surface area contributed by atoms with Crippen molar-refractivity contribution in [2.45, 2.75) is 55.1 Å². The molecule has 4 unspecified atom stereocenters. The van der Waals surface area contributed by atoms with E-state index in [2.05, 4.69) is 25.3 Å². The summed E-state index contributed by atoms with van der Waals surface area (Å²) in [5.74, 6) is 0.227. The summed E-state index contributed by atoms with van der Waals surface area (Å²) in [6.07, 6.45) is -12.8. The maximum atomic E-state index is 10.2. The highest BCUT2D eigenvalue weighted by atomic mass is 32.1. The van der Waals surface area contributed by atoms with E-state index in [9.17, 15) is 35.7 Å². The van der Waals surface area contributed by atoms with E-state index in [1.54, 1.807) is 0 Å². The zero-order valence-electron chi connectivity index (χ0n) is 14.0. The van der Waals surface area contributed by atoms with Crippen LogP contribution in [0.3, 0.4) is 0 Å². The highest BCUT2D eigenvalue weighted by Crippen LogP contribution is 2.25. The minimum absolute atomic E-state index is 0.132. The first kappa shape index (κ1) is 24.3. The van der Waals surface area contributed by atoms with E-state index >= 15 is 0 Å². The topological polar surface area (TPSA) is 169 Å². The number of aliphatic hydroxyl groups is 7. The van der Waals surface area contributed by atoms with Gasteiger partial charge in [0.2, 0.25) is 0 Å². The van der Waals surface area contributed by atoms with Gasteiger partial charge in [0.15, 0.2) is 6.29 Å². The molecule has 7 N–H and O–H groups in total. The van der Waals surface area contributed by atoms with Crippen molar-refractivity contribution in [3.05, 3.63) is 0 Å². The van der Waals surface area contributed by atoms with Crippen LogP contribution in [-0.4, -0.2) is 122 Å². The second-order valence-electron chi connectivity index (χ2n) is 5.90. The molecule has 0 amide bonds. The van der Waals surface area contributed by atoms with Crippen LogP contribution < -0.4 is 0 Å². The van der Waals surface area contributed by atoms with Crippen molar-refractivity contribution in [1.82, 2.24) is 0 Å². The van der Waals surface area contributed by atoms with Gasteiger partial charge in [-0.05, 0) is 0 Å². The lowest BCUT2D eigenvalue weighted by Crippen LogP contribution is -2.60. The van der Waals surface area contributed by atoms with Crippen molar-refractivity contribution >= 4 is 25.3 Å². The Morgan fingerprint density at radius 2 is 1.54 bits per heavy atom. The molecule has 1 saturated heterocycles. The first-order chi connectivity index (χ1) is 12.3. The van der Waals surface area contributed by atoms with Gasteiger partial charge in [-0.1, -0.05) is 0 Å². The molecule has 26 heavy (non-hydrogen) atoms. The number of aliphatic hydroxyl groups excluding tert-OH is 7. The third kappa shape index (κ3) is 6.43. The van der Waals surface area contributed by atoms with Crippen LogP contribution in [0.1, 0.15) is 0 Å². The molecule has 156 valence electrons. The number of ether oxygens (including phenoxy) is 3. The molecule has 1 heterocycles. The minimum Gasteiger partial charge on any atom is -0.394 e. The number of rotatable bonds is 11. The molecular weight excluding hydrogens is 392 g/mol. The molecule has 0 aromatic heterocycles. The number of hydrogen-bond donors (Lipinski definition) is 9. The summed E-state index contributed by atoms with van der Waals surface area (Å²) >= 11 is 7.73. The molecule has 0 saturated carbocycles. The molecule has 1 aliphatic heterocycles. The van der Waals surface area contributed by atoms with Gasteiger partial charge < -0.3 is 50.0 Å². The highest BCUT2D eigenvalue weighted by molar-refractivity contribution is 7.80. The first-order valence-corrected chi connectivity index (χ1v) is 9.34. The van der Waals surface area contributed by atoms with Gasteiger partial charge in [-0.2, -0.15) is 25.3 Å². The molecule has 0 aliphatic carbocycles. The van der Waals surface area contributed by atoms with Gasteiger partial charge in [0.25, 0.3) is 0 Å². The van der Waals surface area contributed by atoms with Gasteiger partial charge in [0.05, 0.1) is 25.9 Å². The Kier molecular flexibility index (Phi) is 11.2. The maximum Gasteiger partial charge on any atom is 0.186 e. The average molecular weight is 421 g/mol. The fraction of sp³-hybridized carbons (Fsp3) is 1.00. The smallest absolute Gasteiger partial charge is 0.186 e. The standard InChI is InChI=1S/C14H28O10S2/c15-3-8-13(11(20)12(21)14(24-8)22-1-2-25)23-4-6(16)9(18)10(19)7(17)5-26/h6-21,25-26H,1-5H2/t6?,7?,8?,9-,10+,11?,12+,13-,14-/m1/s1. The molecule has 9 atom stereocenters. The first-order valence-electron chi connectivity index (χ1n) is 8.08. The average Bonchev–Trinajstić information content (AvgIpc) is 2.65. The van der Waals surface area contributed by atoms with Gasteiger partial charge in [0.1, 0.15) is 42.7 Å². The van der Waals surface area contributed by atoms with Crippen molar-refractivity contribution in [2.24, 2.45) is 0 Å². The third-order valence-corrected chi connectivity index (χ3v) is 4.54. The van der Waals surface area contributed by atoms with E-state index in [0.717, 1.165) is 0 Å². The third-order valence-electron chi connectivity index (χ3n) is 3.98. The van der Waals surface area contributed by atoms with Gasteiger partial charge in [-0.15, -0.1) is 0 Å². The fourth-order valence-corrected chi connectivity index (χ4v) is 2.76. The van der Waals surface area contributed by atoms with E-state index in [4.69, 9.17) is 14.2 Å². The molecule has 1 fully saturated rings. The lowest BCUT2D eigenvalue weighted by atomic mass is 9.98. The summed E-state index contributed by atoms with van der Waals surface area (Å²) in [5, 5.41) is 68.4. The Bertz CT molecular complexity index is 391. The number of hydrogen-bond acceptors (Lipinski definition) is 12. The second kappa shape index (κ2) is 12.0. The Morgan fingerprint density at radius 3 is 2.08 bits per heavy atom. The zero-order chi connectivity index (χ0) is 19.9. The Hall–Kier alpha value is 0.300. The van der Waals surface area contributed by atoms with Gasteiger partial charge >= 0.3 is 0 Å². The molecule has 0 bridgehead atoms. The zero-order valence-corrected chi connectivity index (χ0v) is 15.8. The summed E-state index contributed by atoms with van der Waals surface area (Å²) < 4.78 is 15.8. The molecule has 10 nitrogen and oxygen atoms in total. The molecule has 1 aliphatic rings. The van der Waals surface area contributed by atoms with Crippen molar-refractivity contribution < 1.29 is 50.0 Å². The summed E-state index contributed by atoms with van der Waals surface area (Å²) in [7, 11) is 0. The van der Waals surface area contributed by atoms with E-state index in [0.29, 0.717) is 5.75 Å². The monoisotopic (exact) mass is 420 g/mol. The molecular formula is C14H28O10S2. The van der Waals surface area contributed by atoms with Crippen LogP contribution in [0.25, 0.3) is 0 Å². The lowest BCUT2D eigenvalue weighted by Gasteiger charge is -2.42. The quantitative estimate of drug-likeness (QED) is 0.151. The molecule has 1 rings (SSSR count). The fourth-order valence-electron chi connectivity index (χ4n) is 2.44. The highest BCUT2D eigenvalue weighted by Gasteiger charge is 2.46. The van der Waals surface area contributed by atoms with Crippen LogP contribution in [0.4, 0.5) is 0 Å². The predicted octanol–water partition coefficient (Wildman–Crippen LogP) is -3.87. The van der Waals surface area contributed by atoms with Crippen molar-refractivity contribution in [3.8, 4) is 0 Å². The van der Waals surface area contributed by atoms with Crippen molar-refractivity contribution in [3.63, 3.8) is 0 Å². The van der Waals surface area contributed by atoms with Gasteiger partial charge in [-0.25, -0.2) is 0 Å². The largest absolute Gasteiger partial charge is 0.394 e. The van der Waals surface area contributed by atoms with E-state index in [-0.39, 0.29) is 12.4 Å². The molecule has 12 heteroatoms. The molecule has 0 radical (unpaired) electrons. The molecule has 0 aromatic rings. The normalized spacial score (nSPS) is 34.3. The summed E-state index contributed by atoms with van der Waals surface area (Å²) in [5.41, 5.74) is 0. The molecule has 0 aromatic carbocycles. The SMILES string of the molecule is OCC1O[C@@H](OCCS)[C@@H](O)C(O)[C@@H]1OCC(O)[C@@H](O)[C@@H](O)C(O)CS. The van der Waals surface area contributed by atoms with Crippen molar-refractivity contribution in [1.29, 1.82) is 0 Å². The number of thiol groups is 2. The van der Waals surface area contributed by atoms with Crippen LogP contribution in [0.15, 0.2) is 0 Å².